The van der Waals surface area contributed by atoms with Gasteiger partial charge in [0.25, 0.3) is 0 Å². The summed E-state index contributed by atoms with van der Waals surface area (Å²) in [6.07, 6.45) is 2.12. The molecule has 0 spiro atoms. The van der Waals surface area contributed by atoms with Gasteiger partial charge in [0, 0.05) is 30.4 Å². The van der Waals surface area contributed by atoms with Gasteiger partial charge in [0.05, 0.1) is 31.9 Å². The minimum Gasteiger partial charge on any atom is -0.465 e. The molecule has 0 aromatic heterocycles. The van der Waals surface area contributed by atoms with Gasteiger partial charge in [0.1, 0.15) is 0 Å². The number of carbonyl (C=O) groups is 4. The molecule has 1 fully saturated rings. The van der Waals surface area contributed by atoms with E-state index in [1.165, 1.54) is 32.4 Å². The summed E-state index contributed by atoms with van der Waals surface area (Å²) in [5.74, 6) is -1.70. The monoisotopic (exact) mass is 481 g/mol. The van der Waals surface area contributed by atoms with Crippen LogP contribution in [0.1, 0.15) is 51.1 Å². The Hall–Kier alpha value is -3.72. The summed E-state index contributed by atoms with van der Waals surface area (Å²) in [4.78, 5) is 51.3. The first-order chi connectivity index (χ1) is 16.7. The number of nitrogens with one attached hydrogen (secondary N) is 2. The summed E-state index contributed by atoms with van der Waals surface area (Å²) in [5, 5.41) is 5.72. The molecular formula is C26H31N3O6. The lowest BCUT2D eigenvalue weighted by molar-refractivity contribution is -0.119. The van der Waals surface area contributed by atoms with E-state index in [0.717, 1.165) is 29.7 Å². The molecule has 2 aromatic rings. The van der Waals surface area contributed by atoms with Crippen LogP contribution in [-0.2, 0) is 19.1 Å². The highest BCUT2D eigenvalue weighted by molar-refractivity contribution is 5.99. The summed E-state index contributed by atoms with van der Waals surface area (Å²) in [6, 6.07) is 10.3. The van der Waals surface area contributed by atoms with E-state index < -0.39 is 11.9 Å². The highest BCUT2D eigenvalue weighted by Crippen LogP contribution is 2.27. The second kappa shape index (κ2) is 11.6. The Labute approximate surface area is 204 Å². The maximum absolute atomic E-state index is 12.7. The van der Waals surface area contributed by atoms with Crippen LogP contribution in [0.15, 0.2) is 36.4 Å². The SMILES string of the molecule is COC(=O)c1cc(NC(=O)CCN(CC(=O)Nc2c(C)cccc2C)C2CC2)cc(C(=O)OC)c1. The second-order valence-corrected chi connectivity index (χ2v) is 8.60. The highest BCUT2D eigenvalue weighted by atomic mass is 16.5. The van der Waals surface area contributed by atoms with Gasteiger partial charge >= 0.3 is 11.9 Å². The average Bonchev–Trinajstić information content (AvgIpc) is 3.68. The van der Waals surface area contributed by atoms with Crippen LogP contribution in [0.3, 0.4) is 0 Å². The van der Waals surface area contributed by atoms with E-state index in [2.05, 4.69) is 10.6 Å². The zero-order valence-corrected chi connectivity index (χ0v) is 20.5. The maximum atomic E-state index is 12.7. The second-order valence-electron chi connectivity index (χ2n) is 8.60. The molecule has 0 radical (unpaired) electrons. The van der Waals surface area contributed by atoms with Crippen molar-refractivity contribution in [3.8, 4) is 0 Å². The molecule has 0 bridgehead atoms. The van der Waals surface area contributed by atoms with Gasteiger partial charge in [-0.2, -0.15) is 0 Å². The van der Waals surface area contributed by atoms with Gasteiger partial charge in [-0.1, -0.05) is 18.2 Å². The number of rotatable bonds is 10. The fourth-order valence-electron chi connectivity index (χ4n) is 3.85. The van der Waals surface area contributed by atoms with E-state index in [0.29, 0.717) is 6.54 Å². The Kier molecular flexibility index (Phi) is 8.59. The summed E-state index contributed by atoms with van der Waals surface area (Å²) < 4.78 is 9.45. The van der Waals surface area contributed by atoms with Gasteiger partial charge in [-0.25, -0.2) is 9.59 Å². The molecule has 1 saturated carbocycles. The molecule has 9 nitrogen and oxygen atoms in total. The van der Waals surface area contributed by atoms with Gasteiger partial charge in [-0.05, 0) is 56.0 Å². The van der Waals surface area contributed by atoms with Gasteiger partial charge in [0.2, 0.25) is 11.8 Å². The van der Waals surface area contributed by atoms with E-state index in [4.69, 9.17) is 9.47 Å². The Morgan fingerprint density at radius 3 is 1.97 bits per heavy atom. The van der Waals surface area contributed by atoms with Gasteiger partial charge < -0.3 is 20.1 Å². The van der Waals surface area contributed by atoms with Crippen molar-refractivity contribution in [1.29, 1.82) is 0 Å². The van der Waals surface area contributed by atoms with Crippen LogP contribution < -0.4 is 10.6 Å². The molecule has 2 amide bonds. The fraction of sp³-hybridized carbons (Fsp3) is 0.385. The van der Waals surface area contributed by atoms with Gasteiger partial charge in [0.15, 0.2) is 0 Å². The number of methoxy groups -OCH3 is 2. The first kappa shape index (κ1) is 25.9. The molecule has 35 heavy (non-hydrogen) atoms. The molecule has 0 saturated heterocycles. The Bertz CT molecular complexity index is 1070. The van der Waals surface area contributed by atoms with Crippen molar-refractivity contribution in [2.24, 2.45) is 0 Å². The van der Waals surface area contributed by atoms with Crippen LogP contribution in [0.25, 0.3) is 0 Å². The Balaban J connectivity index is 1.61. The molecule has 2 aromatic carbocycles. The summed E-state index contributed by atoms with van der Waals surface area (Å²) in [6.45, 7) is 4.49. The van der Waals surface area contributed by atoms with Crippen molar-refractivity contribution in [1.82, 2.24) is 4.90 Å². The summed E-state index contributed by atoms with van der Waals surface area (Å²) in [5.41, 5.74) is 3.33. The molecular weight excluding hydrogens is 450 g/mol. The topological polar surface area (TPSA) is 114 Å². The largest absolute Gasteiger partial charge is 0.465 e. The highest BCUT2D eigenvalue weighted by Gasteiger charge is 2.30. The number of carbonyl (C=O) groups excluding carboxylic acids is 4. The number of benzene rings is 2. The lowest BCUT2D eigenvalue weighted by Crippen LogP contribution is -2.37. The lowest BCUT2D eigenvalue weighted by Gasteiger charge is -2.22. The Morgan fingerprint density at radius 1 is 0.886 bits per heavy atom. The van der Waals surface area contributed by atoms with E-state index >= 15 is 0 Å². The number of nitrogens with zero attached hydrogens (tertiary/aromatic N) is 1. The molecule has 0 aliphatic heterocycles. The molecule has 1 aliphatic rings. The van der Waals surface area contributed by atoms with Crippen LogP contribution in [0.4, 0.5) is 11.4 Å². The number of para-hydroxylation sites is 1. The molecule has 0 heterocycles. The van der Waals surface area contributed by atoms with Crippen LogP contribution in [0.5, 0.6) is 0 Å². The third kappa shape index (κ3) is 7.13. The molecule has 3 rings (SSSR count). The van der Waals surface area contributed by atoms with E-state index in [1.807, 2.05) is 36.9 Å². The van der Waals surface area contributed by atoms with Crippen LogP contribution in [0, 0.1) is 13.8 Å². The predicted molar refractivity (Wildman–Crippen MR) is 132 cm³/mol. The van der Waals surface area contributed by atoms with Crippen LogP contribution in [0.2, 0.25) is 0 Å². The zero-order valence-electron chi connectivity index (χ0n) is 20.5. The van der Waals surface area contributed by atoms with Crippen molar-refractivity contribution < 1.29 is 28.7 Å². The average molecular weight is 482 g/mol. The van der Waals surface area contributed by atoms with Crippen molar-refractivity contribution in [2.45, 2.75) is 39.2 Å². The quantitative estimate of drug-likeness (QED) is 0.501. The van der Waals surface area contributed by atoms with E-state index in [9.17, 15) is 19.2 Å². The zero-order chi connectivity index (χ0) is 25.5. The van der Waals surface area contributed by atoms with Crippen molar-refractivity contribution in [2.75, 3.05) is 37.9 Å². The Morgan fingerprint density at radius 2 is 1.46 bits per heavy atom. The first-order valence-corrected chi connectivity index (χ1v) is 11.4. The molecule has 9 heteroatoms. The molecule has 0 atom stereocenters. The number of amides is 2. The van der Waals surface area contributed by atoms with Crippen LogP contribution >= 0.6 is 0 Å². The van der Waals surface area contributed by atoms with E-state index in [1.54, 1.807) is 0 Å². The van der Waals surface area contributed by atoms with Gasteiger partial charge in [-0.3, -0.25) is 14.5 Å². The third-order valence-electron chi connectivity index (χ3n) is 5.84. The van der Waals surface area contributed by atoms with Crippen molar-refractivity contribution >= 4 is 35.1 Å². The molecule has 186 valence electrons. The lowest BCUT2D eigenvalue weighted by atomic mass is 10.1. The fourth-order valence-corrected chi connectivity index (χ4v) is 3.85. The normalized spacial score (nSPS) is 12.7. The maximum Gasteiger partial charge on any atom is 0.337 e. The minimum atomic E-state index is -0.638. The summed E-state index contributed by atoms with van der Waals surface area (Å²) in [7, 11) is 2.46. The molecule has 1 aliphatic carbocycles. The standard InChI is InChI=1S/C26H31N3O6/c1-16-6-5-7-17(2)24(16)28-23(31)15-29(21-8-9-21)11-10-22(30)27-20-13-18(25(32)34-3)12-19(14-20)26(33)35-4/h5-7,12-14,21H,8-11,15H2,1-4H3,(H,27,30)(H,28,31). The molecule has 2 N–H and O–H groups in total. The number of hydrogen-bond donors (Lipinski definition) is 2. The summed E-state index contributed by atoms with van der Waals surface area (Å²) >= 11 is 0. The van der Waals surface area contributed by atoms with Crippen molar-refractivity contribution in [3.05, 3.63) is 58.7 Å². The number of ether oxygens (including phenoxy) is 2. The number of esters is 2. The van der Waals surface area contributed by atoms with Gasteiger partial charge in [-0.15, -0.1) is 0 Å². The first-order valence-electron chi connectivity index (χ1n) is 11.4. The number of anilines is 2. The smallest absolute Gasteiger partial charge is 0.337 e. The predicted octanol–water partition coefficient (Wildman–Crippen LogP) is 3.31. The van der Waals surface area contributed by atoms with Crippen molar-refractivity contribution in [3.63, 3.8) is 0 Å². The third-order valence-corrected chi connectivity index (χ3v) is 5.84. The number of aryl methyl sites for hydroxylation is 2. The minimum absolute atomic E-state index is 0.119. The molecule has 0 unspecified atom stereocenters. The number of hydrogen-bond acceptors (Lipinski definition) is 7. The van der Waals surface area contributed by atoms with Crippen LogP contribution in [-0.4, -0.2) is 62.0 Å². The van der Waals surface area contributed by atoms with E-state index in [-0.39, 0.29) is 47.6 Å².